The maximum absolute atomic E-state index is 3.57. The molecule has 0 saturated carbocycles. The minimum atomic E-state index is 0.861. The SMILES string of the molecule is CCC1CCCN1CCNCCN(CC)CC. The van der Waals surface area contributed by atoms with Crippen molar-refractivity contribution in [3.63, 3.8) is 0 Å². The third-order valence-corrected chi connectivity index (χ3v) is 4.05. The molecule has 1 fully saturated rings. The lowest BCUT2D eigenvalue weighted by Gasteiger charge is -2.24. The smallest absolute Gasteiger partial charge is 0.0110 e. The number of likely N-dealkylation sites (N-methyl/N-ethyl adjacent to an activating group) is 1. The Labute approximate surface area is 108 Å². The predicted octanol–water partition coefficient (Wildman–Crippen LogP) is 1.79. The Morgan fingerprint density at radius 2 is 1.94 bits per heavy atom. The topological polar surface area (TPSA) is 18.5 Å². The Morgan fingerprint density at radius 3 is 2.59 bits per heavy atom. The summed E-state index contributed by atoms with van der Waals surface area (Å²) in [4.78, 5) is 5.13. The first kappa shape index (κ1) is 14.9. The molecule has 0 aliphatic carbocycles. The fraction of sp³-hybridized carbons (Fsp3) is 1.00. The lowest BCUT2D eigenvalue weighted by Crippen LogP contribution is -2.38. The van der Waals surface area contributed by atoms with Crippen molar-refractivity contribution in [3.8, 4) is 0 Å². The Balaban J connectivity index is 2.00. The molecule has 17 heavy (non-hydrogen) atoms. The molecular weight excluding hydrogens is 210 g/mol. The van der Waals surface area contributed by atoms with Crippen molar-refractivity contribution in [2.45, 2.75) is 46.1 Å². The monoisotopic (exact) mass is 241 g/mol. The van der Waals surface area contributed by atoms with Crippen LogP contribution < -0.4 is 5.32 Å². The average molecular weight is 241 g/mol. The number of hydrogen-bond donors (Lipinski definition) is 1. The van der Waals surface area contributed by atoms with Crippen molar-refractivity contribution in [2.24, 2.45) is 0 Å². The molecule has 1 rings (SSSR count). The molecule has 0 amide bonds. The van der Waals surface area contributed by atoms with E-state index >= 15 is 0 Å². The van der Waals surface area contributed by atoms with Crippen molar-refractivity contribution in [1.82, 2.24) is 15.1 Å². The van der Waals surface area contributed by atoms with Crippen molar-refractivity contribution in [2.75, 3.05) is 45.8 Å². The van der Waals surface area contributed by atoms with Gasteiger partial charge in [0.2, 0.25) is 0 Å². The van der Waals surface area contributed by atoms with E-state index in [1.165, 1.54) is 52.0 Å². The molecule has 3 heteroatoms. The summed E-state index contributed by atoms with van der Waals surface area (Å²) in [6.07, 6.45) is 4.13. The summed E-state index contributed by atoms with van der Waals surface area (Å²) in [5.74, 6) is 0. The first-order valence-electron chi connectivity index (χ1n) is 7.48. The van der Waals surface area contributed by atoms with Crippen molar-refractivity contribution < 1.29 is 0 Å². The van der Waals surface area contributed by atoms with Crippen LogP contribution in [0.4, 0.5) is 0 Å². The van der Waals surface area contributed by atoms with Gasteiger partial charge < -0.3 is 10.2 Å². The maximum atomic E-state index is 3.57. The van der Waals surface area contributed by atoms with Crippen molar-refractivity contribution >= 4 is 0 Å². The van der Waals surface area contributed by atoms with Gasteiger partial charge in [0.15, 0.2) is 0 Å². The Bertz CT molecular complexity index is 180. The molecule has 102 valence electrons. The fourth-order valence-corrected chi connectivity index (χ4v) is 2.78. The zero-order valence-electron chi connectivity index (χ0n) is 12.0. The third-order valence-electron chi connectivity index (χ3n) is 4.05. The molecule has 1 unspecified atom stereocenters. The first-order valence-corrected chi connectivity index (χ1v) is 7.48. The zero-order chi connectivity index (χ0) is 12.5. The van der Waals surface area contributed by atoms with Gasteiger partial charge in [-0.2, -0.15) is 0 Å². The van der Waals surface area contributed by atoms with Gasteiger partial charge in [0.25, 0.3) is 0 Å². The minimum Gasteiger partial charge on any atom is -0.314 e. The van der Waals surface area contributed by atoms with Gasteiger partial charge in [-0.1, -0.05) is 20.8 Å². The van der Waals surface area contributed by atoms with Crippen LogP contribution in [0.25, 0.3) is 0 Å². The molecule has 0 radical (unpaired) electrons. The second-order valence-corrected chi connectivity index (χ2v) is 5.02. The molecule has 3 nitrogen and oxygen atoms in total. The molecule has 1 heterocycles. The number of rotatable bonds is 9. The standard InChI is InChI=1S/C14H31N3/c1-4-14-8-7-11-17(14)13-10-15-9-12-16(5-2)6-3/h14-15H,4-13H2,1-3H3. The summed E-state index contributed by atoms with van der Waals surface area (Å²) in [5, 5.41) is 3.57. The quantitative estimate of drug-likeness (QED) is 0.621. The number of nitrogens with zero attached hydrogens (tertiary/aromatic N) is 2. The van der Waals surface area contributed by atoms with E-state index in [4.69, 9.17) is 0 Å². The van der Waals surface area contributed by atoms with Gasteiger partial charge in [0.1, 0.15) is 0 Å². The van der Waals surface area contributed by atoms with Crippen LogP contribution in [0.5, 0.6) is 0 Å². The van der Waals surface area contributed by atoms with Gasteiger partial charge >= 0.3 is 0 Å². The second kappa shape index (κ2) is 8.90. The summed E-state index contributed by atoms with van der Waals surface area (Å²) in [6.45, 7) is 15.1. The van der Waals surface area contributed by atoms with E-state index in [2.05, 4.69) is 35.9 Å². The lowest BCUT2D eigenvalue weighted by atomic mass is 10.2. The van der Waals surface area contributed by atoms with Gasteiger partial charge in [0, 0.05) is 32.2 Å². The molecule has 0 aromatic rings. The van der Waals surface area contributed by atoms with Gasteiger partial charge in [0.05, 0.1) is 0 Å². The number of hydrogen-bond acceptors (Lipinski definition) is 3. The molecule has 0 bridgehead atoms. The minimum absolute atomic E-state index is 0.861. The molecule has 1 aliphatic rings. The molecule has 1 aliphatic heterocycles. The van der Waals surface area contributed by atoms with Crippen LogP contribution in [0.15, 0.2) is 0 Å². The first-order chi connectivity index (χ1) is 8.31. The average Bonchev–Trinajstić information content (AvgIpc) is 2.81. The van der Waals surface area contributed by atoms with Crippen LogP contribution in [0.2, 0.25) is 0 Å². The molecule has 1 N–H and O–H groups in total. The summed E-state index contributed by atoms with van der Waals surface area (Å²) in [7, 11) is 0. The van der Waals surface area contributed by atoms with Gasteiger partial charge in [-0.25, -0.2) is 0 Å². The van der Waals surface area contributed by atoms with Crippen molar-refractivity contribution in [3.05, 3.63) is 0 Å². The largest absolute Gasteiger partial charge is 0.314 e. The van der Waals surface area contributed by atoms with E-state index < -0.39 is 0 Å². The number of likely N-dealkylation sites (tertiary alicyclic amines) is 1. The van der Waals surface area contributed by atoms with E-state index in [9.17, 15) is 0 Å². The summed E-state index contributed by atoms with van der Waals surface area (Å²) in [5.41, 5.74) is 0. The predicted molar refractivity (Wildman–Crippen MR) is 75.5 cm³/mol. The van der Waals surface area contributed by atoms with Crippen LogP contribution in [-0.4, -0.2) is 61.7 Å². The van der Waals surface area contributed by atoms with Crippen LogP contribution in [0, 0.1) is 0 Å². The zero-order valence-corrected chi connectivity index (χ0v) is 12.0. The van der Waals surface area contributed by atoms with E-state index in [1.807, 2.05) is 0 Å². The van der Waals surface area contributed by atoms with Gasteiger partial charge in [-0.3, -0.25) is 4.90 Å². The molecular formula is C14H31N3. The highest BCUT2D eigenvalue weighted by Gasteiger charge is 2.21. The lowest BCUT2D eigenvalue weighted by molar-refractivity contribution is 0.244. The summed E-state index contributed by atoms with van der Waals surface area (Å²) >= 11 is 0. The van der Waals surface area contributed by atoms with Gasteiger partial charge in [-0.15, -0.1) is 0 Å². The van der Waals surface area contributed by atoms with Crippen molar-refractivity contribution in [1.29, 1.82) is 0 Å². The van der Waals surface area contributed by atoms with E-state index in [0.717, 1.165) is 19.1 Å². The van der Waals surface area contributed by atoms with E-state index in [1.54, 1.807) is 0 Å². The van der Waals surface area contributed by atoms with Gasteiger partial charge in [-0.05, 0) is 38.9 Å². The normalized spacial score (nSPS) is 21.5. The van der Waals surface area contributed by atoms with Crippen LogP contribution >= 0.6 is 0 Å². The van der Waals surface area contributed by atoms with Crippen LogP contribution in [0.1, 0.15) is 40.0 Å². The second-order valence-electron chi connectivity index (χ2n) is 5.02. The fourth-order valence-electron chi connectivity index (χ4n) is 2.78. The summed E-state index contributed by atoms with van der Waals surface area (Å²) < 4.78 is 0. The molecule has 1 atom stereocenters. The number of nitrogens with one attached hydrogen (secondary N) is 1. The summed E-state index contributed by atoms with van der Waals surface area (Å²) in [6, 6.07) is 0.861. The Kier molecular flexibility index (Phi) is 7.82. The highest BCUT2D eigenvalue weighted by atomic mass is 15.2. The Hall–Kier alpha value is -0.120. The maximum Gasteiger partial charge on any atom is 0.0110 e. The molecule has 0 aromatic carbocycles. The molecule has 0 spiro atoms. The molecule has 0 aromatic heterocycles. The van der Waals surface area contributed by atoms with E-state index in [0.29, 0.717) is 0 Å². The molecule has 1 saturated heterocycles. The van der Waals surface area contributed by atoms with Crippen LogP contribution in [-0.2, 0) is 0 Å². The highest BCUT2D eigenvalue weighted by Crippen LogP contribution is 2.18. The van der Waals surface area contributed by atoms with Crippen LogP contribution in [0.3, 0.4) is 0 Å². The Morgan fingerprint density at radius 1 is 1.18 bits per heavy atom. The third kappa shape index (κ3) is 5.36. The van der Waals surface area contributed by atoms with E-state index in [-0.39, 0.29) is 0 Å². The highest BCUT2D eigenvalue weighted by molar-refractivity contribution is 4.78.